The first-order valence-corrected chi connectivity index (χ1v) is 7.59. The number of tetrazole rings is 1. The highest BCUT2D eigenvalue weighted by Gasteiger charge is 2.28. The zero-order chi connectivity index (χ0) is 14.7. The second-order valence-electron chi connectivity index (χ2n) is 4.71. The van der Waals surface area contributed by atoms with Crippen LogP contribution in [0.2, 0.25) is 0 Å². The van der Waals surface area contributed by atoms with Crippen LogP contribution in [0.4, 0.5) is 5.69 Å². The number of carbonyl (C=O) groups is 1. The minimum atomic E-state index is -0.0985. The molecule has 21 heavy (non-hydrogen) atoms. The molecule has 1 N–H and O–H groups in total. The molecule has 110 valence electrons. The Labute approximate surface area is 126 Å². The highest BCUT2D eigenvalue weighted by Crippen LogP contribution is 2.36. The fraction of sp³-hybridized carbons (Fsp3) is 0.385. The van der Waals surface area contributed by atoms with Gasteiger partial charge in [-0.15, -0.1) is 5.10 Å². The van der Waals surface area contributed by atoms with Crippen molar-refractivity contribution in [2.24, 2.45) is 0 Å². The number of methoxy groups -OCH3 is 1. The van der Waals surface area contributed by atoms with E-state index < -0.39 is 0 Å². The molecule has 2 aromatic rings. The van der Waals surface area contributed by atoms with E-state index in [1.807, 2.05) is 18.2 Å². The van der Waals surface area contributed by atoms with Crippen LogP contribution in [-0.2, 0) is 4.79 Å². The Morgan fingerprint density at radius 3 is 3.14 bits per heavy atom. The molecule has 0 radical (unpaired) electrons. The summed E-state index contributed by atoms with van der Waals surface area (Å²) in [7, 11) is 1.59. The minimum absolute atomic E-state index is 0.0985. The molecule has 1 amide bonds. The Hall–Kier alpha value is -2.09. The number of anilines is 1. The highest BCUT2D eigenvalue weighted by atomic mass is 32.2. The number of rotatable bonds is 6. The summed E-state index contributed by atoms with van der Waals surface area (Å²) in [6.07, 6.45) is 2.21. The Balaban J connectivity index is 1.55. The summed E-state index contributed by atoms with van der Waals surface area (Å²) >= 11 is 1.34. The first-order chi connectivity index (χ1) is 10.3. The third-order valence-corrected chi connectivity index (χ3v) is 3.97. The van der Waals surface area contributed by atoms with E-state index in [9.17, 15) is 4.79 Å². The molecule has 0 spiro atoms. The summed E-state index contributed by atoms with van der Waals surface area (Å²) in [6, 6.07) is 7.66. The topological polar surface area (TPSA) is 81.9 Å². The van der Waals surface area contributed by atoms with Crippen LogP contribution >= 0.6 is 11.8 Å². The molecule has 8 heteroatoms. The quantitative estimate of drug-likeness (QED) is 0.819. The van der Waals surface area contributed by atoms with Gasteiger partial charge in [0.1, 0.15) is 5.75 Å². The van der Waals surface area contributed by atoms with Crippen molar-refractivity contribution in [3.63, 3.8) is 0 Å². The maximum absolute atomic E-state index is 12.0. The van der Waals surface area contributed by atoms with Gasteiger partial charge in [0.2, 0.25) is 11.1 Å². The van der Waals surface area contributed by atoms with Crippen molar-refractivity contribution in [3.8, 4) is 5.75 Å². The van der Waals surface area contributed by atoms with Crippen molar-refractivity contribution in [1.29, 1.82) is 0 Å². The number of amides is 1. The first kappa shape index (κ1) is 13.9. The predicted molar refractivity (Wildman–Crippen MR) is 78.4 cm³/mol. The van der Waals surface area contributed by atoms with Crippen LogP contribution in [0.3, 0.4) is 0 Å². The molecular weight excluding hydrogens is 290 g/mol. The number of aromatic nitrogens is 4. The summed E-state index contributed by atoms with van der Waals surface area (Å²) < 4.78 is 6.91. The lowest BCUT2D eigenvalue weighted by molar-refractivity contribution is -0.113. The smallest absolute Gasteiger partial charge is 0.234 e. The van der Waals surface area contributed by atoms with Crippen molar-refractivity contribution >= 4 is 23.4 Å². The molecule has 1 heterocycles. The Morgan fingerprint density at radius 1 is 1.52 bits per heavy atom. The van der Waals surface area contributed by atoms with Gasteiger partial charge in [-0.3, -0.25) is 4.79 Å². The fourth-order valence-electron chi connectivity index (χ4n) is 1.86. The molecule has 0 atom stereocenters. The number of nitrogens with one attached hydrogen (secondary N) is 1. The number of hydrogen-bond acceptors (Lipinski definition) is 6. The summed E-state index contributed by atoms with van der Waals surface area (Å²) in [5.41, 5.74) is 0.710. The van der Waals surface area contributed by atoms with Crippen LogP contribution < -0.4 is 10.1 Å². The van der Waals surface area contributed by atoms with E-state index in [0.717, 1.165) is 12.8 Å². The van der Waals surface area contributed by atoms with Crippen LogP contribution in [0.15, 0.2) is 29.4 Å². The molecule has 7 nitrogen and oxygen atoms in total. The van der Waals surface area contributed by atoms with Gasteiger partial charge in [0, 0.05) is 11.8 Å². The number of carbonyl (C=O) groups excluding carboxylic acids is 1. The predicted octanol–water partition coefficient (Wildman–Crippen LogP) is 1.75. The average Bonchev–Trinajstić information content (AvgIpc) is 3.24. The molecule has 3 rings (SSSR count). The van der Waals surface area contributed by atoms with E-state index in [1.165, 1.54) is 11.8 Å². The Morgan fingerprint density at radius 2 is 2.38 bits per heavy atom. The summed E-state index contributed by atoms with van der Waals surface area (Å²) in [5.74, 6) is 0.876. The van der Waals surface area contributed by atoms with Crippen LogP contribution in [0.5, 0.6) is 5.75 Å². The highest BCUT2D eigenvalue weighted by molar-refractivity contribution is 7.99. The van der Waals surface area contributed by atoms with Crippen LogP contribution in [0.1, 0.15) is 18.9 Å². The zero-order valence-corrected chi connectivity index (χ0v) is 12.3. The summed E-state index contributed by atoms with van der Waals surface area (Å²) in [4.78, 5) is 12.0. The van der Waals surface area contributed by atoms with Crippen LogP contribution in [0.25, 0.3) is 0 Å². The molecule has 1 aromatic carbocycles. The fourth-order valence-corrected chi connectivity index (χ4v) is 2.60. The normalized spacial score (nSPS) is 14.0. The van der Waals surface area contributed by atoms with Gasteiger partial charge in [-0.05, 0) is 35.4 Å². The zero-order valence-electron chi connectivity index (χ0n) is 11.5. The third-order valence-electron chi connectivity index (χ3n) is 3.04. The Bertz CT molecular complexity index is 641. The van der Waals surface area contributed by atoms with Gasteiger partial charge in [0.15, 0.2) is 0 Å². The van der Waals surface area contributed by atoms with Crippen molar-refractivity contribution < 1.29 is 9.53 Å². The van der Waals surface area contributed by atoms with E-state index in [-0.39, 0.29) is 11.7 Å². The standard InChI is InChI=1S/C13H15N5O2S/c1-20-11-4-2-3-9(7-11)14-12(19)8-21-13-15-16-17-18(13)10-5-6-10/h2-4,7,10H,5-6,8H2,1H3,(H,14,19). The van der Waals surface area contributed by atoms with Crippen LogP contribution in [0, 0.1) is 0 Å². The third kappa shape index (κ3) is 3.52. The molecule has 1 fully saturated rings. The summed E-state index contributed by atoms with van der Waals surface area (Å²) in [6.45, 7) is 0. The average molecular weight is 305 g/mol. The van der Waals surface area contributed by atoms with Gasteiger partial charge in [0.25, 0.3) is 0 Å². The molecule has 0 saturated heterocycles. The van der Waals surface area contributed by atoms with E-state index in [4.69, 9.17) is 4.74 Å². The molecule has 0 aliphatic heterocycles. The van der Waals surface area contributed by atoms with Crippen molar-refractivity contribution in [2.45, 2.75) is 24.0 Å². The lowest BCUT2D eigenvalue weighted by atomic mass is 10.3. The number of ether oxygens (including phenoxy) is 1. The van der Waals surface area contributed by atoms with Gasteiger partial charge in [-0.25, -0.2) is 4.68 Å². The lowest BCUT2D eigenvalue weighted by Gasteiger charge is -2.06. The number of benzene rings is 1. The van der Waals surface area contributed by atoms with Crippen LogP contribution in [-0.4, -0.2) is 39.0 Å². The van der Waals surface area contributed by atoms with Gasteiger partial charge >= 0.3 is 0 Å². The monoisotopic (exact) mass is 305 g/mol. The number of nitrogens with zero attached hydrogens (tertiary/aromatic N) is 4. The Kier molecular flexibility index (Phi) is 4.05. The van der Waals surface area contributed by atoms with Crippen molar-refractivity contribution in [2.75, 3.05) is 18.2 Å². The maximum atomic E-state index is 12.0. The number of hydrogen-bond donors (Lipinski definition) is 1. The molecule has 0 bridgehead atoms. The largest absolute Gasteiger partial charge is 0.497 e. The first-order valence-electron chi connectivity index (χ1n) is 6.61. The lowest BCUT2D eigenvalue weighted by Crippen LogP contribution is -2.14. The van der Waals surface area contributed by atoms with Gasteiger partial charge in [-0.2, -0.15) is 0 Å². The summed E-state index contributed by atoms with van der Waals surface area (Å²) in [5, 5.41) is 15.1. The van der Waals surface area contributed by atoms with Crippen molar-refractivity contribution in [1.82, 2.24) is 20.2 Å². The molecule has 1 saturated carbocycles. The molecular formula is C13H15N5O2S. The van der Waals surface area contributed by atoms with Crippen molar-refractivity contribution in [3.05, 3.63) is 24.3 Å². The van der Waals surface area contributed by atoms with E-state index in [2.05, 4.69) is 20.8 Å². The van der Waals surface area contributed by atoms with Gasteiger partial charge in [0.05, 0.1) is 18.9 Å². The van der Waals surface area contributed by atoms with E-state index in [1.54, 1.807) is 17.9 Å². The maximum Gasteiger partial charge on any atom is 0.234 e. The molecule has 1 aliphatic rings. The number of thioether (sulfide) groups is 1. The van der Waals surface area contributed by atoms with E-state index in [0.29, 0.717) is 22.6 Å². The minimum Gasteiger partial charge on any atom is -0.497 e. The molecule has 1 aliphatic carbocycles. The van der Waals surface area contributed by atoms with Gasteiger partial charge < -0.3 is 10.1 Å². The van der Waals surface area contributed by atoms with E-state index >= 15 is 0 Å². The second-order valence-corrected chi connectivity index (χ2v) is 5.65. The SMILES string of the molecule is COc1cccc(NC(=O)CSc2nnnn2C2CC2)c1. The molecule has 1 aromatic heterocycles. The molecule has 0 unspecified atom stereocenters. The second kappa shape index (κ2) is 6.13. The van der Waals surface area contributed by atoms with Gasteiger partial charge in [-0.1, -0.05) is 17.8 Å².